The van der Waals surface area contributed by atoms with Gasteiger partial charge in [0, 0.05) is 10.2 Å². The molecule has 2 aromatic heterocycles. The van der Waals surface area contributed by atoms with E-state index in [1.807, 2.05) is 65.9 Å². The number of halogens is 1. The second-order valence-electron chi connectivity index (χ2n) is 5.59. The fraction of sp³-hybridized carbons (Fsp3) is 0.0526. The maximum Gasteiger partial charge on any atom is 0.157 e. The van der Waals surface area contributed by atoms with Gasteiger partial charge in [0.1, 0.15) is 11.9 Å². The zero-order valence-electron chi connectivity index (χ0n) is 12.9. The third-order valence-corrected chi connectivity index (χ3v) is 4.47. The van der Waals surface area contributed by atoms with Gasteiger partial charge in [-0.2, -0.15) is 5.26 Å². The summed E-state index contributed by atoms with van der Waals surface area (Å²) >= 11 is 3.49. The van der Waals surface area contributed by atoms with E-state index in [1.54, 1.807) is 0 Å². The van der Waals surface area contributed by atoms with Gasteiger partial charge in [-0.1, -0.05) is 34.1 Å². The van der Waals surface area contributed by atoms with Crippen molar-refractivity contribution < 1.29 is 0 Å². The van der Waals surface area contributed by atoms with Crippen LogP contribution in [0.2, 0.25) is 0 Å². The first-order chi connectivity index (χ1) is 11.7. The van der Waals surface area contributed by atoms with Crippen LogP contribution in [0.15, 0.2) is 59.1 Å². The molecule has 0 saturated carbocycles. The quantitative estimate of drug-likeness (QED) is 0.524. The average molecular weight is 377 g/mol. The summed E-state index contributed by atoms with van der Waals surface area (Å²) in [7, 11) is 0. The highest BCUT2D eigenvalue weighted by Crippen LogP contribution is 2.29. The Labute approximate surface area is 147 Å². The molecular formula is C19H13BrN4. The number of benzene rings is 2. The normalized spacial score (nSPS) is 10.9. The number of aryl methyl sites for hydroxylation is 1. The molecule has 0 saturated heterocycles. The minimum atomic E-state index is 0.603. The number of hydrogen-bond acceptors (Lipinski definition) is 3. The lowest BCUT2D eigenvalue weighted by Gasteiger charge is -2.12. The van der Waals surface area contributed by atoms with Gasteiger partial charge in [-0.05, 0) is 48.9 Å². The highest BCUT2D eigenvalue weighted by Gasteiger charge is 2.15. The fourth-order valence-electron chi connectivity index (χ4n) is 2.90. The van der Waals surface area contributed by atoms with E-state index in [4.69, 9.17) is 0 Å². The molecule has 0 aliphatic carbocycles. The second kappa shape index (κ2) is 5.66. The highest BCUT2D eigenvalue weighted by atomic mass is 79.9. The Hall–Kier alpha value is -2.84. The van der Waals surface area contributed by atoms with Crippen molar-refractivity contribution in [2.24, 2.45) is 0 Å². The number of nitrogens with zero attached hydrogens (tertiary/aromatic N) is 3. The van der Waals surface area contributed by atoms with Crippen LogP contribution in [-0.2, 0) is 0 Å². The number of aromatic nitrogens is 2. The van der Waals surface area contributed by atoms with Crippen molar-refractivity contribution in [2.75, 3.05) is 5.32 Å². The molecule has 4 aromatic rings. The van der Waals surface area contributed by atoms with Crippen LogP contribution in [0.25, 0.3) is 16.7 Å². The molecule has 0 amide bonds. The van der Waals surface area contributed by atoms with E-state index in [1.165, 1.54) is 0 Å². The maximum atomic E-state index is 9.53. The lowest BCUT2D eigenvalue weighted by Crippen LogP contribution is -2.02. The number of nitriles is 1. The van der Waals surface area contributed by atoms with Crippen LogP contribution in [0, 0.1) is 18.3 Å². The van der Waals surface area contributed by atoms with E-state index in [0.29, 0.717) is 11.2 Å². The summed E-state index contributed by atoms with van der Waals surface area (Å²) in [5.41, 5.74) is 4.99. The molecule has 0 fully saturated rings. The standard InChI is InChI=1S/C19H13BrN4/c1-12-9-18(22-14-6-4-5-13(20)10-14)24-17-8-3-2-7-16(17)23-19(24)15(12)11-21/h2-10,22H,1H3. The number of nitrogens with one attached hydrogen (secondary N) is 1. The molecule has 0 bridgehead atoms. The summed E-state index contributed by atoms with van der Waals surface area (Å²) in [6.45, 7) is 1.93. The van der Waals surface area contributed by atoms with Gasteiger partial charge in [0.15, 0.2) is 5.65 Å². The SMILES string of the molecule is Cc1cc(Nc2cccc(Br)c2)n2c(nc3ccccc32)c1C#N. The zero-order chi connectivity index (χ0) is 16.7. The third kappa shape index (κ3) is 2.32. The van der Waals surface area contributed by atoms with Crippen molar-refractivity contribution in [3.05, 3.63) is 70.2 Å². The number of anilines is 2. The maximum absolute atomic E-state index is 9.53. The average Bonchev–Trinajstić information content (AvgIpc) is 2.94. The Morgan fingerprint density at radius 3 is 2.75 bits per heavy atom. The van der Waals surface area contributed by atoms with Gasteiger partial charge in [-0.15, -0.1) is 0 Å². The van der Waals surface area contributed by atoms with Crippen LogP contribution in [0.5, 0.6) is 0 Å². The number of para-hydroxylation sites is 2. The first-order valence-corrected chi connectivity index (χ1v) is 8.30. The lowest BCUT2D eigenvalue weighted by molar-refractivity contribution is 1.19. The van der Waals surface area contributed by atoms with Crippen LogP contribution in [0.3, 0.4) is 0 Å². The first kappa shape index (κ1) is 14.7. The van der Waals surface area contributed by atoms with Crippen LogP contribution in [-0.4, -0.2) is 9.38 Å². The highest BCUT2D eigenvalue weighted by molar-refractivity contribution is 9.10. The molecule has 1 N–H and O–H groups in total. The summed E-state index contributed by atoms with van der Waals surface area (Å²) in [6, 6.07) is 20.1. The molecule has 4 rings (SSSR count). The van der Waals surface area contributed by atoms with Crippen molar-refractivity contribution in [1.82, 2.24) is 9.38 Å². The number of fused-ring (bicyclic) bond motifs is 3. The summed E-state index contributed by atoms with van der Waals surface area (Å²) in [5, 5.41) is 13.0. The Kier molecular flexibility index (Phi) is 3.47. The van der Waals surface area contributed by atoms with Crippen LogP contribution < -0.4 is 5.32 Å². The third-order valence-electron chi connectivity index (χ3n) is 3.98. The number of imidazole rings is 1. The molecule has 0 aliphatic heterocycles. The molecule has 0 unspecified atom stereocenters. The van der Waals surface area contributed by atoms with E-state index >= 15 is 0 Å². The zero-order valence-corrected chi connectivity index (χ0v) is 14.5. The van der Waals surface area contributed by atoms with Gasteiger partial charge in [0.05, 0.1) is 16.6 Å². The number of pyridine rings is 1. The number of hydrogen-bond donors (Lipinski definition) is 1. The Balaban J connectivity index is 2.03. The van der Waals surface area contributed by atoms with Crippen molar-refractivity contribution >= 4 is 44.1 Å². The smallest absolute Gasteiger partial charge is 0.157 e. The van der Waals surface area contributed by atoms with Crippen molar-refractivity contribution in [3.8, 4) is 6.07 Å². The van der Waals surface area contributed by atoms with E-state index in [0.717, 1.165) is 32.6 Å². The van der Waals surface area contributed by atoms with Gasteiger partial charge >= 0.3 is 0 Å². The molecule has 116 valence electrons. The summed E-state index contributed by atoms with van der Waals surface area (Å²) in [6.07, 6.45) is 0. The molecule has 2 aromatic carbocycles. The predicted octanol–water partition coefficient (Wildman–Crippen LogP) is 5.17. The summed E-state index contributed by atoms with van der Waals surface area (Å²) in [4.78, 5) is 4.66. The Bertz CT molecular complexity index is 1120. The van der Waals surface area contributed by atoms with Gasteiger partial charge in [-0.25, -0.2) is 4.98 Å². The summed E-state index contributed by atoms with van der Waals surface area (Å²) in [5.74, 6) is 0.883. The first-order valence-electron chi connectivity index (χ1n) is 7.51. The van der Waals surface area contributed by atoms with Gasteiger partial charge < -0.3 is 5.32 Å². The molecule has 5 heteroatoms. The minimum absolute atomic E-state index is 0.603. The number of rotatable bonds is 2. The molecule has 4 nitrogen and oxygen atoms in total. The second-order valence-corrected chi connectivity index (χ2v) is 6.51. The molecule has 0 radical (unpaired) electrons. The molecule has 0 aliphatic rings. The van der Waals surface area contributed by atoms with Crippen molar-refractivity contribution in [2.45, 2.75) is 6.92 Å². The molecular weight excluding hydrogens is 364 g/mol. The van der Waals surface area contributed by atoms with Crippen LogP contribution in [0.4, 0.5) is 11.5 Å². The van der Waals surface area contributed by atoms with Crippen molar-refractivity contribution in [3.63, 3.8) is 0 Å². The van der Waals surface area contributed by atoms with E-state index in [9.17, 15) is 5.26 Å². The largest absolute Gasteiger partial charge is 0.341 e. The van der Waals surface area contributed by atoms with E-state index < -0.39 is 0 Å². The summed E-state index contributed by atoms with van der Waals surface area (Å²) < 4.78 is 3.01. The molecule has 24 heavy (non-hydrogen) atoms. The predicted molar refractivity (Wildman–Crippen MR) is 99.6 cm³/mol. The Morgan fingerprint density at radius 1 is 1.12 bits per heavy atom. The van der Waals surface area contributed by atoms with E-state index in [2.05, 4.69) is 32.3 Å². The van der Waals surface area contributed by atoms with Gasteiger partial charge in [0.2, 0.25) is 0 Å². The molecule has 2 heterocycles. The topological polar surface area (TPSA) is 53.1 Å². The van der Waals surface area contributed by atoms with Crippen molar-refractivity contribution in [1.29, 1.82) is 5.26 Å². The lowest BCUT2D eigenvalue weighted by atomic mass is 10.1. The fourth-order valence-corrected chi connectivity index (χ4v) is 3.30. The Morgan fingerprint density at radius 2 is 1.96 bits per heavy atom. The molecule has 0 spiro atoms. The van der Waals surface area contributed by atoms with E-state index in [-0.39, 0.29) is 0 Å². The van der Waals surface area contributed by atoms with Crippen LogP contribution >= 0.6 is 15.9 Å². The monoisotopic (exact) mass is 376 g/mol. The minimum Gasteiger partial charge on any atom is -0.341 e. The van der Waals surface area contributed by atoms with Gasteiger partial charge in [-0.3, -0.25) is 4.40 Å². The van der Waals surface area contributed by atoms with Gasteiger partial charge in [0.25, 0.3) is 0 Å². The van der Waals surface area contributed by atoms with Crippen LogP contribution in [0.1, 0.15) is 11.1 Å². The molecule has 0 atom stereocenters.